The molecule has 0 spiro atoms. The summed E-state index contributed by atoms with van der Waals surface area (Å²) < 4.78 is 28.2. The van der Waals surface area contributed by atoms with Gasteiger partial charge >= 0.3 is 0 Å². The Morgan fingerprint density at radius 3 is 2.73 bits per heavy atom. The summed E-state index contributed by atoms with van der Waals surface area (Å²) in [6, 6.07) is 8.92. The number of likely N-dealkylation sites (N-methyl/N-ethyl adjacent to an activating group) is 1. The van der Waals surface area contributed by atoms with E-state index in [0.717, 1.165) is 16.1 Å². The second kappa shape index (κ2) is 7.48. The molecule has 0 fully saturated rings. The van der Waals surface area contributed by atoms with Gasteiger partial charge in [-0.25, -0.2) is 13.1 Å². The molecular formula is C18H23N3O3S2. The van der Waals surface area contributed by atoms with Crippen LogP contribution in [0.3, 0.4) is 0 Å². The highest BCUT2D eigenvalue weighted by Crippen LogP contribution is 2.30. The van der Waals surface area contributed by atoms with E-state index in [1.807, 2.05) is 36.5 Å². The van der Waals surface area contributed by atoms with E-state index >= 15 is 0 Å². The molecule has 1 aromatic carbocycles. The number of amides is 1. The van der Waals surface area contributed by atoms with Crippen molar-refractivity contribution >= 4 is 33.0 Å². The zero-order valence-electron chi connectivity index (χ0n) is 15.1. The van der Waals surface area contributed by atoms with E-state index in [-0.39, 0.29) is 16.8 Å². The van der Waals surface area contributed by atoms with Gasteiger partial charge in [0.25, 0.3) is 0 Å². The molecule has 1 aliphatic rings. The number of anilines is 1. The number of hydrogen-bond donors (Lipinski definition) is 1. The summed E-state index contributed by atoms with van der Waals surface area (Å²) in [7, 11) is 0.255. The molecule has 1 unspecified atom stereocenters. The smallest absolute Gasteiger partial charge is 0.240 e. The van der Waals surface area contributed by atoms with Crippen molar-refractivity contribution in [1.82, 2.24) is 9.62 Å². The Morgan fingerprint density at radius 1 is 1.35 bits per heavy atom. The molecule has 0 saturated carbocycles. The van der Waals surface area contributed by atoms with Crippen molar-refractivity contribution in [2.45, 2.75) is 24.3 Å². The average Bonchev–Trinajstić information content (AvgIpc) is 3.23. The van der Waals surface area contributed by atoms with Crippen molar-refractivity contribution in [3.05, 3.63) is 46.2 Å². The minimum Gasteiger partial charge on any atom is -0.312 e. The van der Waals surface area contributed by atoms with Crippen LogP contribution in [0.5, 0.6) is 0 Å². The van der Waals surface area contributed by atoms with E-state index < -0.39 is 10.0 Å². The number of hydrogen-bond acceptors (Lipinski definition) is 5. The van der Waals surface area contributed by atoms with E-state index in [1.54, 1.807) is 34.4 Å². The van der Waals surface area contributed by atoms with Gasteiger partial charge in [-0.2, -0.15) is 0 Å². The third kappa shape index (κ3) is 3.83. The van der Waals surface area contributed by atoms with Crippen LogP contribution in [0, 0.1) is 0 Å². The van der Waals surface area contributed by atoms with Crippen LogP contribution in [0.15, 0.2) is 40.6 Å². The van der Waals surface area contributed by atoms with Crippen molar-refractivity contribution in [2.75, 3.05) is 32.1 Å². The fraction of sp³-hybridized carbons (Fsp3) is 0.389. The molecule has 1 atom stereocenters. The number of nitrogens with one attached hydrogen (secondary N) is 1. The van der Waals surface area contributed by atoms with Crippen molar-refractivity contribution < 1.29 is 13.2 Å². The lowest BCUT2D eigenvalue weighted by molar-refractivity contribution is -0.116. The standard InChI is InChI=1S/C18H23N3O3S2/c1-13(22)21-9-8-14-11-15(6-7-16(14)21)26(23,24)19-12-17(20(2)3)18-5-4-10-25-18/h4-7,10-11,17,19H,8-9,12H2,1-3H3. The van der Waals surface area contributed by atoms with E-state index in [9.17, 15) is 13.2 Å². The predicted molar refractivity (Wildman–Crippen MR) is 104 cm³/mol. The molecule has 8 heteroatoms. The summed E-state index contributed by atoms with van der Waals surface area (Å²) in [6.07, 6.45) is 0.674. The SMILES string of the molecule is CC(=O)N1CCc2cc(S(=O)(=O)NCC(c3cccs3)N(C)C)ccc21. The van der Waals surface area contributed by atoms with Crippen LogP contribution >= 0.6 is 11.3 Å². The van der Waals surface area contributed by atoms with Crippen LogP contribution in [0.2, 0.25) is 0 Å². The summed E-state index contributed by atoms with van der Waals surface area (Å²) in [5, 5.41) is 1.99. The normalized spacial score (nSPS) is 15.3. The molecule has 3 rings (SSSR count). The summed E-state index contributed by atoms with van der Waals surface area (Å²) in [5.74, 6) is -0.0257. The lowest BCUT2D eigenvalue weighted by Crippen LogP contribution is -2.34. The van der Waals surface area contributed by atoms with Gasteiger partial charge in [0.05, 0.1) is 10.9 Å². The summed E-state index contributed by atoms with van der Waals surface area (Å²) in [6.45, 7) is 2.42. The fourth-order valence-electron chi connectivity index (χ4n) is 3.16. The number of rotatable bonds is 6. The molecule has 26 heavy (non-hydrogen) atoms. The molecule has 2 aromatic rings. The summed E-state index contributed by atoms with van der Waals surface area (Å²) >= 11 is 1.61. The number of sulfonamides is 1. The van der Waals surface area contributed by atoms with E-state index in [4.69, 9.17) is 0 Å². The Morgan fingerprint density at radius 2 is 2.12 bits per heavy atom. The molecule has 0 radical (unpaired) electrons. The highest BCUT2D eigenvalue weighted by molar-refractivity contribution is 7.89. The maximum atomic E-state index is 12.7. The van der Waals surface area contributed by atoms with Crippen LogP contribution in [0.25, 0.3) is 0 Å². The molecule has 1 N–H and O–H groups in total. The zero-order valence-corrected chi connectivity index (χ0v) is 16.7. The quantitative estimate of drug-likeness (QED) is 0.817. The van der Waals surface area contributed by atoms with Crippen molar-refractivity contribution in [3.63, 3.8) is 0 Å². The van der Waals surface area contributed by atoms with Gasteiger partial charge in [0, 0.05) is 30.6 Å². The zero-order chi connectivity index (χ0) is 18.9. The van der Waals surface area contributed by atoms with Crippen LogP contribution in [-0.2, 0) is 21.2 Å². The minimum atomic E-state index is -3.61. The van der Waals surface area contributed by atoms with Crippen molar-refractivity contribution in [2.24, 2.45) is 0 Å². The number of benzene rings is 1. The van der Waals surface area contributed by atoms with E-state index in [2.05, 4.69) is 4.72 Å². The Balaban J connectivity index is 1.78. The highest BCUT2D eigenvalue weighted by atomic mass is 32.2. The molecule has 0 bridgehead atoms. The lowest BCUT2D eigenvalue weighted by atomic mass is 10.2. The third-order valence-corrected chi connectivity index (χ3v) is 6.99. The van der Waals surface area contributed by atoms with Crippen LogP contribution in [0.1, 0.15) is 23.4 Å². The summed E-state index contributed by atoms with van der Waals surface area (Å²) in [5.41, 5.74) is 1.70. The Kier molecular flexibility index (Phi) is 5.47. The van der Waals surface area contributed by atoms with Gasteiger partial charge in [0.2, 0.25) is 15.9 Å². The maximum Gasteiger partial charge on any atom is 0.240 e. The second-order valence-electron chi connectivity index (χ2n) is 6.56. The van der Waals surface area contributed by atoms with Gasteiger partial charge in [0.15, 0.2) is 0 Å². The first-order valence-corrected chi connectivity index (χ1v) is 10.8. The molecule has 0 saturated heterocycles. The molecule has 140 valence electrons. The topological polar surface area (TPSA) is 69.7 Å². The number of thiophene rings is 1. The maximum absolute atomic E-state index is 12.7. The lowest BCUT2D eigenvalue weighted by Gasteiger charge is -2.23. The Hall–Kier alpha value is -1.74. The van der Waals surface area contributed by atoms with Gasteiger partial charge in [-0.3, -0.25) is 4.79 Å². The van der Waals surface area contributed by atoms with Gasteiger partial charge in [0.1, 0.15) is 0 Å². The van der Waals surface area contributed by atoms with Crippen molar-refractivity contribution in [1.29, 1.82) is 0 Å². The monoisotopic (exact) mass is 393 g/mol. The summed E-state index contributed by atoms with van der Waals surface area (Å²) in [4.78, 5) is 16.7. The number of fused-ring (bicyclic) bond motifs is 1. The van der Waals surface area contributed by atoms with Crippen LogP contribution in [-0.4, -0.2) is 46.4 Å². The van der Waals surface area contributed by atoms with Gasteiger partial charge in [-0.05, 0) is 55.7 Å². The van der Waals surface area contributed by atoms with Crippen LogP contribution in [0.4, 0.5) is 5.69 Å². The molecular weight excluding hydrogens is 370 g/mol. The van der Waals surface area contributed by atoms with Gasteiger partial charge < -0.3 is 9.80 Å². The Labute approximate surface area is 158 Å². The molecule has 1 aromatic heterocycles. The first-order chi connectivity index (χ1) is 12.3. The number of nitrogens with zero attached hydrogens (tertiary/aromatic N) is 2. The second-order valence-corrected chi connectivity index (χ2v) is 9.30. The van der Waals surface area contributed by atoms with Gasteiger partial charge in [-0.15, -0.1) is 11.3 Å². The van der Waals surface area contributed by atoms with Crippen LogP contribution < -0.4 is 9.62 Å². The molecule has 1 aliphatic heterocycles. The molecule has 6 nitrogen and oxygen atoms in total. The van der Waals surface area contributed by atoms with E-state index in [1.165, 1.54) is 6.92 Å². The number of carbonyl (C=O) groups is 1. The Bertz CT molecular complexity index is 892. The first kappa shape index (κ1) is 19.0. The first-order valence-electron chi connectivity index (χ1n) is 8.40. The fourth-order valence-corrected chi connectivity index (χ4v) is 5.17. The molecule has 0 aliphatic carbocycles. The third-order valence-electron chi connectivity index (χ3n) is 4.60. The molecule has 2 heterocycles. The largest absolute Gasteiger partial charge is 0.312 e. The molecule has 1 amide bonds. The predicted octanol–water partition coefficient (Wildman–Crippen LogP) is 2.24. The van der Waals surface area contributed by atoms with E-state index in [0.29, 0.717) is 19.5 Å². The van der Waals surface area contributed by atoms with Crippen molar-refractivity contribution in [3.8, 4) is 0 Å². The highest BCUT2D eigenvalue weighted by Gasteiger charge is 2.25. The number of carbonyl (C=O) groups excluding carboxylic acids is 1. The van der Waals surface area contributed by atoms with Gasteiger partial charge in [-0.1, -0.05) is 6.07 Å². The minimum absolute atomic E-state index is 0.0209. The average molecular weight is 394 g/mol.